The second-order valence-electron chi connectivity index (χ2n) is 3.37. The van der Waals surface area contributed by atoms with Crippen molar-refractivity contribution in [1.82, 2.24) is 10.4 Å². The normalized spacial score (nSPS) is 12.6. The van der Waals surface area contributed by atoms with Crippen LogP contribution in [-0.2, 0) is 6.42 Å². The van der Waals surface area contributed by atoms with E-state index < -0.39 is 0 Å². The molecule has 0 spiro atoms. The van der Waals surface area contributed by atoms with E-state index in [4.69, 9.17) is 5.84 Å². The highest BCUT2D eigenvalue weighted by atomic mass is 127. The van der Waals surface area contributed by atoms with Crippen LogP contribution in [0.4, 0.5) is 0 Å². The number of hydrogen-bond donors (Lipinski definition) is 2. The van der Waals surface area contributed by atoms with E-state index in [1.54, 1.807) is 11.3 Å². The second-order valence-corrected chi connectivity index (χ2v) is 5.51. The molecule has 0 saturated carbocycles. The first kappa shape index (κ1) is 12.0. The van der Waals surface area contributed by atoms with Crippen LogP contribution >= 0.6 is 33.9 Å². The van der Waals surface area contributed by atoms with Gasteiger partial charge in [-0.25, -0.2) is 4.98 Å². The topological polar surface area (TPSA) is 50.9 Å². The molecule has 3 N–H and O–H groups in total. The molecule has 0 saturated heterocycles. The van der Waals surface area contributed by atoms with Crippen LogP contribution in [0.3, 0.4) is 0 Å². The van der Waals surface area contributed by atoms with Crippen molar-refractivity contribution in [2.24, 2.45) is 5.84 Å². The fourth-order valence-corrected chi connectivity index (χ4v) is 2.97. The van der Waals surface area contributed by atoms with Gasteiger partial charge in [-0.3, -0.25) is 11.3 Å². The van der Waals surface area contributed by atoms with Crippen molar-refractivity contribution in [3.8, 4) is 0 Å². The van der Waals surface area contributed by atoms with Crippen LogP contribution in [0, 0.1) is 3.57 Å². The highest BCUT2D eigenvalue weighted by molar-refractivity contribution is 14.1. The fraction of sp³-hybridized carbons (Fsp3) is 0.182. The van der Waals surface area contributed by atoms with Crippen molar-refractivity contribution in [3.63, 3.8) is 0 Å². The van der Waals surface area contributed by atoms with E-state index in [-0.39, 0.29) is 6.04 Å². The lowest BCUT2D eigenvalue weighted by Crippen LogP contribution is -2.30. The van der Waals surface area contributed by atoms with Gasteiger partial charge in [-0.15, -0.1) is 11.3 Å². The van der Waals surface area contributed by atoms with E-state index in [2.05, 4.69) is 45.1 Å². The summed E-state index contributed by atoms with van der Waals surface area (Å²) in [5.41, 5.74) is 4.08. The van der Waals surface area contributed by atoms with Gasteiger partial charge >= 0.3 is 0 Å². The number of aromatic nitrogens is 1. The molecule has 2 rings (SSSR count). The van der Waals surface area contributed by atoms with E-state index in [1.165, 1.54) is 9.13 Å². The van der Waals surface area contributed by atoms with Crippen molar-refractivity contribution in [1.29, 1.82) is 0 Å². The van der Waals surface area contributed by atoms with E-state index in [0.717, 1.165) is 11.4 Å². The van der Waals surface area contributed by atoms with Crippen LogP contribution < -0.4 is 11.3 Å². The van der Waals surface area contributed by atoms with Gasteiger partial charge in [0.15, 0.2) is 0 Å². The van der Waals surface area contributed by atoms with Gasteiger partial charge in [0.25, 0.3) is 0 Å². The maximum Gasteiger partial charge on any atom is 0.0944 e. The zero-order chi connectivity index (χ0) is 11.4. The lowest BCUT2D eigenvalue weighted by atomic mass is 10.1. The van der Waals surface area contributed by atoms with Gasteiger partial charge in [0, 0.05) is 21.6 Å². The lowest BCUT2D eigenvalue weighted by molar-refractivity contribution is 0.548. The van der Waals surface area contributed by atoms with Crippen molar-refractivity contribution < 1.29 is 0 Å². The standard InChI is InChI=1S/C11H12IN3S/c12-9-4-2-1-3-8(9)10(15-13)7-11-14-5-6-16-11/h1-6,10,15H,7,13H2. The van der Waals surface area contributed by atoms with Gasteiger partial charge in [-0.1, -0.05) is 18.2 Å². The van der Waals surface area contributed by atoms with E-state index in [0.29, 0.717) is 0 Å². The summed E-state index contributed by atoms with van der Waals surface area (Å²) in [6, 6.07) is 8.37. The van der Waals surface area contributed by atoms with E-state index >= 15 is 0 Å². The number of nitrogens with zero attached hydrogens (tertiary/aromatic N) is 1. The largest absolute Gasteiger partial charge is 0.271 e. The highest BCUT2D eigenvalue weighted by Crippen LogP contribution is 2.23. The predicted octanol–water partition coefficient (Wildman–Crippen LogP) is 2.49. The molecule has 5 heteroatoms. The minimum atomic E-state index is 0.124. The average molecular weight is 345 g/mol. The Morgan fingerprint density at radius 3 is 2.88 bits per heavy atom. The number of benzene rings is 1. The van der Waals surface area contributed by atoms with Gasteiger partial charge in [0.1, 0.15) is 0 Å². The molecule has 1 atom stereocenters. The highest BCUT2D eigenvalue weighted by Gasteiger charge is 2.14. The number of nitrogens with two attached hydrogens (primary N) is 1. The van der Waals surface area contributed by atoms with Crippen molar-refractivity contribution in [2.75, 3.05) is 0 Å². The molecule has 1 aromatic heterocycles. The molecule has 0 fully saturated rings. The van der Waals surface area contributed by atoms with Gasteiger partial charge < -0.3 is 0 Å². The molecule has 16 heavy (non-hydrogen) atoms. The molecular weight excluding hydrogens is 333 g/mol. The Morgan fingerprint density at radius 2 is 2.25 bits per heavy atom. The maximum atomic E-state index is 5.61. The first-order valence-corrected chi connectivity index (χ1v) is 6.86. The molecule has 84 valence electrons. The zero-order valence-electron chi connectivity index (χ0n) is 8.56. The molecule has 1 heterocycles. The SMILES string of the molecule is NNC(Cc1nccs1)c1ccccc1I. The first-order valence-electron chi connectivity index (χ1n) is 4.90. The summed E-state index contributed by atoms with van der Waals surface area (Å²) in [4.78, 5) is 4.28. The number of hydrazine groups is 1. The minimum Gasteiger partial charge on any atom is -0.271 e. The molecule has 0 aliphatic carbocycles. The van der Waals surface area contributed by atoms with Gasteiger partial charge in [0.05, 0.1) is 11.0 Å². The molecule has 3 nitrogen and oxygen atoms in total. The first-order chi connectivity index (χ1) is 7.81. The summed E-state index contributed by atoms with van der Waals surface area (Å²) < 4.78 is 1.22. The number of thiazole rings is 1. The van der Waals surface area contributed by atoms with E-state index in [9.17, 15) is 0 Å². The average Bonchev–Trinajstić information content (AvgIpc) is 2.80. The zero-order valence-corrected chi connectivity index (χ0v) is 11.5. The minimum absolute atomic E-state index is 0.124. The third-order valence-electron chi connectivity index (χ3n) is 2.34. The predicted molar refractivity (Wildman–Crippen MR) is 75.0 cm³/mol. The van der Waals surface area contributed by atoms with Crippen molar-refractivity contribution >= 4 is 33.9 Å². The number of halogens is 1. The Hall–Kier alpha value is -0.500. The van der Waals surface area contributed by atoms with Gasteiger partial charge in [-0.05, 0) is 34.2 Å². The molecule has 0 bridgehead atoms. The molecular formula is C11H12IN3S. The Labute approximate surface area is 112 Å². The monoisotopic (exact) mass is 345 g/mol. The van der Waals surface area contributed by atoms with Crippen molar-refractivity contribution in [3.05, 3.63) is 50.0 Å². The summed E-state index contributed by atoms with van der Waals surface area (Å²) in [5.74, 6) is 5.61. The summed E-state index contributed by atoms with van der Waals surface area (Å²) in [6.07, 6.45) is 2.65. The van der Waals surface area contributed by atoms with E-state index in [1.807, 2.05) is 23.7 Å². The second kappa shape index (κ2) is 5.72. The summed E-state index contributed by atoms with van der Waals surface area (Å²) in [6.45, 7) is 0. The number of hydrogen-bond acceptors (Lipinski definition) is 4. The number of rotatable bonds is 4. The Balaban J connectivity index is 2.20. The maximum absolute atomic E-state index is 5.61. The number of nitrogens with one attached hydrogen (secondary N) is 1. The van der Waals surface area contributed by atoms with Crippen LogP contribution in [0.5, 0.6) is 0 Å². The van der Waals surface area contributed by atoms with Crippen LogP contribution in [0.2, 0.25) is 0 Å². The Kier molecular flexibility index (Phi) is 4.28. The third kappa shape index (κ3) is 2.79. The quantitative estimate of drug-likeness (QED) is 0.509. The molecule has 0 radical (unpaired) electrons. The van der Waals surface area contributed by atoms with Crippen LogP contribution in [0.25, 0.3) is 0 Å². The molecule has 0 amide bonds. The summed E-state index contributed by atoms with van der Waals surface area (Å²) >= 11 is 3.99. The summed E-state index contributed by atoms with van der Waals surface area (Å²) in [7, 11) is 0. The summed E-state index contributed by atoms with van der Waals surface area (Å²) in [5, 5.41) is 3.08. The van der Waals surface area contributed by atoms with Crippen molar-refractivity contribution in [2.45, 2.75) is 12.5 Å². The van der Waals surface area contributed by atoms with Crippen LogP contribution in [-0.4, -0.2) is 4.98 Å². The fourth-order valence-electron chi connectivity index (χ4n) is 1.54. The Morgan fingerprint density at radius 1 is 1.44 bits per heavy atom. The van der Waals surface area contributed by atoms with Crippen LogP contribution in [0.1, 0.15) is 16.6 Å². The van der Waals surface area contributed by atoms with Gasteiger partial charge in [-0.2, -0.15) is 0 Å². The molecule has 2 aromatic rings. The lowest BCUT2D eigenvalue weighted by Gasteiger charge is -2.16. The molecule has 1 aromatic carbocycles. The van der Waals surface area contributed by atoms with Gasteiger partial charge in [0.2, 0.25) is 0 Å². The molecule has 0 aliphatic heterocycles. The Bertz CT molecular complexity index is 444. The smallest absolute Gasteiger partial charge is 0.0944 e. The molecule has 0 aliphatic rings. The third-order valence-corrected chi connectivity index (χ3v) is 4.13. The van der Waals surface area contributed by atoms with Crippen LogP contribution in [0.15, 0.2) is 35.8 Å². The molecule has 1 unspecified atom stereocenters.